The molecule has 0 unspecified atom stereocenters. The van der Waals surface area contributed by atoms with Crippen LogP contribution >= 0.6 is 0 Å². The van der Waals surface area contributed by atoms with E-state index in [1.165, 1.54) is 0 Å². The maximum atomic E-state index is 13.4. The fraction of sp³-hybridized carbons (Fsp3) is 0.731. The highest BCUT2D eigenvalue weighted by molar-refractivity contribution is 5.94. The summed E-state index contributed by atoms with van der Waals surface area (Å²) in [4.78, 5) is 19.9. The van der Waals surface area contributed by atoms with Crippen LogP contribution in [0.3, 0.4) is 0 Å². The van der Waals surface area contributed by atoms with Crippen molar-refractivity contribution in [3.05, 3.63) is 35.4 Å². The summed E-state index contributed by atoms with van der Waals surface area (Å²) in [5.74, 6) is 0.491. The zero-order valence-electron chi connectivity index (χ0n) is 21.2. The van der Waals surface area contributed by atoms with Crippen LogP contribution in [0.1, 0.15) is 29.8 Å². The Hall–Kier alpha value is -1.55. The summed E-state index contributed by atoms with van der Waals surface area (Å²) in [6.45, 7) is 15.1. The van der Waals surface area contributed by atoms with E-state index in [0.717, 1.165) is 45.0 Å². The molecule has 0 saturated carbocycles. The number of hydrogen-bond donors (Lipinski definition) is 1. The Labute approximate surface area is 204 Å². The van der Waals surface area contributed by atoms with E-state index in [1.807, 2.05) is 36.1 Å². The quantitative estimate of drug-likeness (QED) is 0.489. The number of morpholine rings is 2. The van der Waals surface area contributed by atoms with Crippen molar-refractivity contribution >= 4 is 5.91 Å². The van der Waals surface area contributed by atoms with Crippen LogP contribution in [0.25, 0.3) is 0 Å². The molecule has 3 rings (SSSR count). The summed E-state index contributed by atoms with van der Waals surface area (Å²) >= 11 is 0. The molecule has 1 aromatic carbocycles. The molecule has 0 aliphatic carbocycles. The first kappa shape index (κ1) is 27.0. The van der Waals surface area contributed by atoms with Crippen molar-refractivity contribution < 1.29 is 24.1 Å². The van der Waals surface area contributed by atoms with Crippen molar-refractivity contribution in [1.29, 1.82) is 0 Å². The van der Waals surface area contributed by atoms with Crippen molar-refractivity contribution in [3.8, 4) is 0 Å². The van der Waals surface area contributed by atoms with Crippen molar-refractivity contribution in [3.63, 3.8) is 0 Å². The second-order valence-electron chi connectivity index (χ2n) is 9.91. The molecule has 0 aromatic heterocycles. The second kappa shape index (κ2) is 14.1. The summed E-state index contributed by atoms with van der Waals surface area (Å²) in [6, 6.07) is 7.77. The van der Waals surface area contributed by atoms with Crippen molar-refractivity contribution in [2.45, 2.75) is 33.0 Å². The number of aliphatic hydroxyl groups is 1. The van der Waals surface area contributed by atoms with Crippen LogP contribution in [0.15, 0.2) is 24.3 Å². The molecule has 8 nitrogen and oxygen atoms in total. The lowest BCUT2D eigenvalue weighted by atomic mass is 10.1. The van der Waals surface area contributed by atoms with Gasteiger partial charge in [-0.05, 0) is 25.0 Å². The number of carbonyl (C=O) groups is 1. The maximum Gasteiger partial charge on any atom is 0.253 e. The number of rotatable bonds is 12. The normalized spacial score (nSPS) is 21.0. The molecule has 1 N–H and O–H groups in total. The Balaban J connectivity index is 1.56. The number of aliphatic hydroxyl groups excluding tert-OH is 1. The molecular weight excluding hydrogens is 434 g/mol. The molecule has 8 heteroatoms. The zero-order chi connectivity index (χ0) is 24.3. The third-order valence-electron chi connectivity index (χ3n) is 6.25. The number of aryl methyl sites for hydroxylation is 1. The van der Waals surface area contributed by atoms with Gasteiger partial charge in [0, 0.05) is 64.5 Å². The van der Waals surface area contributed by atoms with Crippen LogP contribution in [-0.2, 0) is 14.2 Å². The topological polar surface area (TPSA) is 74.7 Å². The van der Waals surface area contributed by atoms with Crippen molar-refractivity contribution in [2.24, 2.45) is 5.92 Å². The smallest absolute Gasteiger partial charge is 0.253 e. The minimum absolute atomic E-state index is 0.0381. The highest BCUT2D eigenvalue weighted by Gasteiger charge is 2.27. The molecule has 192 valence electrons. The Kier molecular flexibility index (Phi) is 11.2. The predicted molar refractivity (Wildman–Crippen MR) is 132 cm³/mol. The van der Waals surface area contributed by atoms with E-state index < -0.39 is 6.10 Å². The Morgan fingerprint density at radius 1 is 1.12 bits per heavy atom. The van der Waals surface area contributed by atoms with Gasteiger partial charge in [0.05, 0.1) is 38.6 Å². The second-order valence-corrected chi connectivity index (χ2v) is 9.91. The third-order valence-corrected chi connectivity index (χ3v) is 6.25. The lowest BCUT2D eigenvalue weighted by Gasteiger charge is -2.37. The molecule has 2 aliphatic rings. The minimum Gasteiger partial charge on any atom is -0.389 e. The van der Waals surface area contributed by atoms with Crippen LogP contribution in [0, 0.1) is 12.8 Å². The van der Waals surface area contributed by atoms with Gasteiger partial charge in [-0.3, -0.25) is 14.6 Å². The predicted octanol–water partition coefficient (Wildman–Crippen LogP) is 1.50. The summed E-state index contributed by atoms with van der Waals surface area (Å²) < 4.78 is 17.1. The first-order valence-electron chi connectivity index (χ1n) is 12.7. The van der Waals surface area contributed by atoms with Crippen molar-refractivity contribution in [1.82, 2.24) is 14.7 Å². The molecule has 1 amide bonds. The largest absolute Gasteiger partial charge is 0.389 e. The van der Waals surface area contributed by atoms with Gasteiger partial charge >= 0.3 is 0 Å². The Bertz CT molecular complexity index is 724. The molecule has 1 aromatic rings. The summed E-state index contributed by atoms with van der Waals surface area (Å²) in [6.07, 6.45) is -0.610. The standard InChI is InChI=1S/C26H43N3O5/c1-21(2)19-33-20-24(30)16-28-12-15-34-25(17-28)18-29(9-8-27-10-13-32-14-11-27)26(31)23-6-4-22(3)5-7-23/h4-7,21,24-25,30H,8-20H2,1-3H3/t24-,25+/m1/s1. The number of carbonyl (C=O) groups excluding carboxylic acids is 1. The molecule has 0 spiro atoms. The molecule has 2 fully saturated rings. The highest BCUT2D eigenvalue weighted by atomic mass is 16.5. The number of ether oxygens (including phenoxy) is 3. The molecule has 2 heterocycles. The number of benzene rings is 1. The van der Waals surface area contributed by atoms with Crippen LogP contribution in [0.5, 0.6) is 0 Å². The van der Waals surface area contributed by atoms with E-state index in [0.29, 0.717) is 57.5 Å². The van der Waals surface area contributed by atoms with Gasteiger partial charge in [0.1, 0.15) is 0 Å². The average Bonchev–Trinajstić information content (AvgIpc) is 2.82. The maximum absolute atomic E-state index is 13.4. The van der Waals surface area contributed by atoms with E-state index in [2.05, 4.69) is 23.6 Å². The van der Waals surface area contributed by atoms with E-state index in [9.17, 15) is 9.90 Å². The molecular formula is C26H43N3O5. The molecule has 34 heavy (non-hydrogen) atoms. The molecule has 0 bridgehead atoms. The minimum atomic E-state index is -0.524. The van der Waals surface area contributed by atoms with E-state index in [4.69, 9.17) is 14.2 Å². The number of nitrogens with zero attached hydrogens (tertiary/aromatic N) is 3. The van der Waals surface area contributed by atoms with Crippen LogP contribution in [0.2, 0.25) is 0 Å². The Morgan fingerprint density at radius 3 is 2.53 bits per heavy atom. The van der Waals surface area contributed by atoms with E-state index in [1.54, 1.807) is 0 Å². The average molecular weight is 478 g/mol. The fourth-order valence-electron chi connectivity index (χ4n) is 4.33. The summed E-state index contributed by atoms with van der Waals surface area (Å²) in [5.41, 5.74) is 1.84. The van der Waals surface area contributed by atoms with Gasteiger partial charge < -0.3 is 24.2 Å². The van der Waals surface area contributed by atoms with E-state index >= 15 is 0 Å². The SMILES string of the molecule is Cc1ccc(C(=O)N(CCN2CCOCC2)C[C@@H]2CN(C[C@@H](O)COCC(C)C)CCO2)cc1. The van der Waals surface area contributed by atoms with Crippen LogP contribution in [-0.4, -0.2) is 123 Å². The third kappa shape index (κ3) is 9.24. The number of hydrogen-bond acceptors (Lipinski definition) is 7. The molecule has 0 radical (unpaired) electrons. The van der Waals surface area contributed by atoms with Gasteiger partial charge in [-0.15, -0.1) is 0 Å². The van der Waals surface area contributed by atoms with Gasteiger partial charge in [-0.1, -0.05) is 31.5 Å². The van der Waals surface area contributed by atoms with Crippen molar-refractivity contribution in [2.75, 3.05) is 85.4 Å². The van der Waals surface area contributed by atoms with Gasteiger partial charge in [-0.25, -0.2) is 0 Å². The first-order chi connectivity index (χ1) is 16.4. The summed E-state index contributed by atoms with van der Waals surface area (Å²) in [7, 11) is 0. The van der Waals surface area contributed by atoms with Gasteiger partial charge in [0.2, 0.25) is 0 Å². The monoisotopic (exact) mass is 477 g/mol. The Morgan fingerprint density at radius 2 is 1.82 bits per heavy atom. The van der Waals surface area contributed by atoms with Gasteiger partial charge in [0.15, 0.2) is 0 Å². The summed E-state index contributed by atoms with van der Waals surface area (Å²) in [5, 5.41) is 10.4. The zero-order valence-corrected chi connectivity index (χ0v) is 21.2. The lowest BCUT2D eigenvalue weighted by molar-refractivity contribution is -0.0604. The molecule has 2 aliphatic heterocycles. The molecule has 2 atom stereocenters. The first-order valence-corrected chi connectivity index (χ1v) is 12.7. The van der Waals surface area contributed by atoms with Crippen LogP contribution < -0.4 is 0 Å². The van der Waals surface area contributed by atoms with E-state index in [-0.39, 0.29) is 12.0 Å². The van der Waals surface area contributed by atoms with Gasteiger partial charge in [0.25, 0.3) is 5.91 Å². The van der Waals surface area contributed by atoms with Crippen LogP contribution in [0.4, 0.5) is 0 Å². The van der Waals surface area contributed by atoms with Gasteiger partial charge in [-0.2, -0.15) is 0 Å². The number of β-amino-alcohol motifs (C(OH)–C–C–N with tert-alkyl or cyclic N) is 1. The number of amides is 1. The fourth-order valence-corrected chi connectivity index (χ4v) is 4.33. The highest BCUT2D eigenvalue weighted by Crippen LogP contribution is 2.13. The lowest BCUT2D eigenvalue weighted by Crippen LogP contribution is -2.52. The molecule has 2 saturated heterocycles.